The Hall–Kier alpha value is -3.80. The van der Waals surface area contributed by atoms with Crippen LogP contribution in [0.1, 0.15) is 56.2 Å². The summed E-state index contributed by atoms with van der Waals surface area (Å²) in [7, 11) is 0. The number of carbonyl (C=O) groups excluding carboxylic acids is 2. The Morgan fingerprint density at radius 1 is 0.868 bits per heavy atom. The van der Waals surface area contributed by atoms with Gasteiger partial charge in [0.15, 0.2) is 0 Å². The van der Waals surface area contributed by atoms with E-state index < -0.39 is 17.8 Å². The molecular weight excluding hydrogens is 476 g/mol. The van der Waals surface area contributed by atoms with Crippen LogP contribution in [0.25, 0.3) is 11.1 Å². The van der Waals surface area contributed by atoms with E-state index in [1.807, 2.05) is 63.2 Å². The molecule has 2 aliphatic rings. The molecule has 0 aliphatic heterocycles. The summed E-state index contributed by atoms with van der Waals surface area (Å²) in [4.78, 5) is 25.2. The van der Waals surface area contributed by atoms with Gasteiger partial charge < -0.3 is 20.1 Å². The van der Waals surface area contributed by atoms with Crippen molar-refractivity contribution in [2.45, 2.75) is 63.6 Å². The lowest BCUT2D eigenvalue weighted by molar-refractivity contribution is 0.0520. The molecule has 6 nitrogen and oxygen atoms in total. The summed E-state index contributed by atoms with van der Waals surface area (Å²) in [6.45, 7) is 5.84. The van der Waals surface area contributed by atoms with Gasteiger partial charge in [-0.3, -0.25) is 0 Å². The van der Waals surface area contributed by atoms with E-state index in [2.05, 4.69) is 47.0 Å². The monoisotopic (exact) mass is 512 g/mol. The van der Waals surface area contributed by atoms with Crippen LogP contribution in [0.3, 0.4) is 0 Å². The molecular formula is C32H36N2O4. The third-order valence-electron chi connectivity index (χ3n) is 7.20. The highest BCUT2D eigenvalue weighted by Crippen LogP contribution is 2.44. The highest BCUT2D eigenvalue weighted by Gasteiger charge is 2.41. The number of rotatable bonds is 8. The second kappa shape index (κ2) is 10.9. The molecule has 0 bridgehead atoms. The van der Waals surface area contributed by atoms with E-state index in [-0.39, 0.29) is 30.5 Å². The van der Waals surface area contributed by atoms with E-state index in [0.717, 1.165) is 18.4 Å². The van der Waals surface area contributed by atoms with E-state index in [9.17, 15) is 9.59 Å². The first kappa shape index (κ1) is 25.8. The van der Waals surface area contributed by atoms with Gasteiger partial charge >= 0.3 is 12.2 Å². The number of alkyl carbamates (subject to hydrolysis) is 2. The van der Waals surface area contributed by atoms with E-state index >= 15 is 0 Å². The van der Waals surface area contributed by atoms with Crippen molar-refractivity contribution in [3.05, 3.63) is 95.6 Å². The zero-order chi connectivity index (χ0) is 26.7. The van der Waals surface area contributed by atoms with Crippen LogP contribution in [-0.4, -0.2) is 36.5 Å². The van der Waals surface area contributed by atoms with E-state index in [1.54, 1.807) is 0 Å². The van der Waals surface area contributed by atoms with E-state index in [1.165, 1.54) is 22.3 Å². The Labute approximate surface area is 224 Å². The van der Waals surface area contributed by atoms with Gasteiger partial charge in [-0.25, -0.2) is 9.59 Å². The number of benzene rings is 3. The normalized spacial score (nSPS) is 18.6. The van der Waals surface area contributed by atoms with Crippen molar-refractivity contribution in [2.24, 2.45) is 5.92 Å². The first-order valence-corrected chi connectivity index (χ1v) is 13.4. The number of amides is 2. The lowest BCUT2D eigenvalue weighted by Crippen LogP contribution is -2.39. The van der Waals surface area contributed by atoms with Crippen LogP contribution >= 0.6 is 0 Å². The Balaban J connectivity index is 1.20. The Bertz CT molecular complexity index is 1240. The molecule has 0 spiro atoms. The van der Waals surface area contributed by atoms with Gasteiger partial charge in [-0.2, -0.15) is 0 Å². The minimum Gasteiger partial charge on any atom is -0.449 e. The first-order valence-electron chi connectivity index (χ1n) is 13.4. The van der Waals surface area contributed by atoms with Gasteiger partial charge in [0.1, 0.15) is 12.2 Å². The average Bonchev–Trinajstić information content (AvgIpc) is 3.51. The molecule has 0 saturated heterocycles. The minimum atomic E-state index is -0.532. The van der Waals surface area contributed by atoms with E-state index in [4.69, 9.17) is 9.47 Å². The maximum absolute atomic E-state index is 13.0. The maximum atomic E-state index is 13.0. The Morgan fingerprint density at radius 2 is 1.47 bits per heavy atom. The molecule has 3 atom stereocenters. The Kier molecular flexibility index (Phi) is 7.41. The topological polar surface area (TPSA) is 76.7 Å². The van der Waals surface area contributed by atoms with E-state index in [0.29, 0.717) is 6.42 Å². The van der Waals surface area contributed by atoms with Crippen LogP contribution in [0.4, 0.5) is 9.59 Å². The van der Waals surface area contributed by atoms with Crippen molar-refractivity contribution < 1.29 is 19.1 Å². The number of carbonyl (C=O) groups is 2. The van der Waals surface area contributed by atoms with Gasteiger partial charge in [-0.1, -0.05) is 78.9 Å². The largest absolute Gasteiger partial charge is 0.449 e. The SMILES string of the molecule is CC(C)(C)OC(=O)N[C@H]1C[C@H]1C[C@@H](Cc1ccccc1)NC(=O)OCC1c2ccccc2-c2ccccc21. The number of ether oxygens (including phenoxy) is 2. The van der Waals surface area contributed by atoms with Gasteiger partial charge in [0.2, 0.25) is 0 Å². The fourth-order valence-corrected chi connectivity index (χ4v) is 5.41. The molecule has 6 heteroatoms. The number of fused-ring (bicyclic) bond motifs is 3. The lowest BCUT2D eigenvalue weighted by Gasteiger charge is -2.21. The number of hydrogen-bond acceptors (Lipinski definition) is 4. The predicted molar refractivity (Wildman–Crippen MR) is 148 cm³/mol. The summed E-state index contributed by atoms with van der Waals surface area (Å²) in [5.41, 5.74) is 5.41. The minimum absolute atomic E-state index is 0.0200. The molecule has 3 aromatic carbocycles. The van der Waals surface area contributed by atoms with Crippen LogP contribution in [-0.2, 0) is 15.9 Å². The smallest absolute Gasteiger partial charge is 0.407 e. The van der Waals surface area contributed by atoms with Crippen molar-refractivity contribution in [1.29, 1.82) is 0 Å². The number of nitrogens with one attached hydrogen (secondary N) is 2. The fourth-order valence-electron chi connectivity index (χ4n) is 5.41. The third kappa shape index (κ3) is 6.36. The molecule has 198 valence electrons. The first-order chi connectivity index (χ1) is 18.3. The molecule has 3 aromatic rings. The van der Waals surface area contributed by atoms with Crippen LogP contribution in [0, 0.1) is 5.92 Å². The summed E-state index contributed by atoms with van der Waals surface area (Å²) in [5, 5.41) is 6.07. The Morgan fingerprint density at radius 3 is 2.11 bits per heavy atom. The molecule has 2 aliphatic carbocycles. The molecule has 0 radical (unpaired) electrons. The van der Waals surface area contributed by atoms with Gasteiger partial charge in [0.05, 0.1) is 0 Å². The van der Waals surface area contributed by atoms with Crippen LogP contribution < -0.4 is 10.6 Å². The average molecular weight is 513 g/mol. The number of hydrogen-bond donors (Lipinski definition) is 2. The van der Waals surface area contributed by atoms with Crippen molar-refractivity contribution in [1.82, 2.24) is 10.6 Å². The second-order valence-electron chi connectivity index (χ2n) is 11.3. The summed E-state index contributed by atoms with van der Waals surface area (Å²) >= 11 is 0. The molecule has 2 amide bonds. The van der Waals surface area contributed by atoms with Crippen LogP contribution in [0.15, 0.2) is 78.9 Å². The van der Waals surface area contributed by atoms with Crippen LogP contribution in [0.2, 0.25) is 0 Å². The van der Waals surface area contributed by atoms with Crippen molar-refractivity contribution in [3.63, 3.8) is 0 Å². The molecule has 5 rings (SSSR count). The molecule has 1 saturated carbocycles. The fraction of sp³-hybridized carbons (Fsp3) is 0.375. The summed E-state index contributed by atoms with van der Waals surface area (Å²) in [5.74, 6) is 0.302. The van der Waals surface area contributed by atoms with Crippen molar-refractivity contribution in [3.8, 4) is 11.1 Å². The van der Waals surface area contributed by atoms with Crippen LogP contribution in [0.5, 0.6) is 0 Å². The van der Waals surface area contributed by atoms with Gasteiger partial charge in [0.25, 0.3) is 0 Å². The summed E-state index contributed by atoms with van der Waals surface area (Å²) in [6, 6.07) is 26.7. The zero-order valence-corrected chi connectivity index (χ0v) is 22.3. The molecule has 38 heavy (non-hydrogen) atoms. The summed E-state index contributed by atoms with van der Waals surface area (Å²) in [6.07, 6.45) is 1.51. The van der Waals surface area contributed by atoms with Gasteiger partial charge in [0, 0.05) is 18.0 Å². The zero-order valence-electron chi connectivity index (χ0n) is 22.3. The molecule has 2 N–H and O–H groups in total. The van der Waals surface area contributed by atoms with Crippen molar-refractivity contribution >= 4 is 12.2 Å². The third-order valence-corrected chi connectivity index (χ3v) is 7.20. The van der Waals surface area contributed by atoms with Gasteiger partial charge in [-0.15, -0.1) is 0 Å². The summed E-state index contributed by atoms with van der Waals surface area (Å²) < 4.78 is 11.2. The lowest BCUT2D eigenvalue weighted by atomic mass is 9.98. The molecule has 0 heterocycles. The quantitative estimate of drug-likeness (QED) is 0.364. The van der Waals surface area contributed by atoms with Crippen molar-refractivity contribution in [2.75, 3.05) is 6.61 Å². The molecule has 0 unspecified atom stereocenters. The molecule has 1 fully saturated rings. The van der Waals surface area contributed by atoms with Gasteiger partial charge in [-0.05, 0) is 73.8 Å². The highest BCUT2D eigenvalue weighted by atomic mass is 16.6. The standard InChI is InChI=1S/C32H36N2O4/c1-32(2,3)38-31(36)34-29-19-22(29)18-23(17-21-11-5-4-6-12-21)33-30(35)37-20-28-26-15-9-7-13-24(26)25-14-8-10-16-27(25)28/h4-16,22-23,28-29H,17-20H2,1-3H3,(H,33,35)(H,34,36)/t22-,23-,29+/m1/s1. The highest BCUT2D eigenvalue weighted by molar-refractivity contribution is 5.79. The maximum Gasteiger partial charge on any atom is 0.407 e. The molecule has 0 aromatic heterocycles. The predicted octanol–water partition coefficient (Wildman–Crippen LogP) is 6.44. The second-order valence-corrected chi connectivity index (χ2v) is 11.3.